The summed E-state index contributed by atoms with van der Waals surface area (Å²) >= 11 is 6.43. The average molecular weight is 201 g/mol. The minimum absolute atomic E-state index is 0.405. The van der Waals surface area contributed by atoms with Crippen molar-refractivity contribution in [3.8, 4) is 0 Å². The maximum absolute atomic E-state index is 5.42. The molecule has 12 heavy (non-hydrogen) atoms. The summed E-state index contributed by atoms with van der Waals surface area (Å²) in [6.45, 7) is 2.68. The van der Waals surface area contributed by atoms with Crippen molar-refractivity contribution in [3.63, 3.8) is 0 Å². The SMILES string of the molecule is Cc1csc(CN(C)C(N)=S)n1. The highest BCUT2D eigenvalue weighted by Gasteiger charge is 2.03. The summed E-state index contributed by atoms with van der Waals surface area (Å²) in [4.78, 5) is 6.09. The maximum Gasteiger partial charge on any atom is 0.166 e. The first-order valence-electron chi connectivity index (χ1n) is 3.51. The zero-order valence-corrected chi connectivity index (χ0v) is 8.71. The van der Waals surface area contributed by atoms with Crippen molar-refractivity contribution >= 4 is 28.7 Å². The minimum Gasteiger partial charge on any atom is -0.376 e. The summed E-state index contributed by atoms with van der Waals surface area (Å²) in [5, 5.41) is 3.47. The summed E-state index contributed by atoms with van der Waals surface area (Å²) in [5.41, 5.74) is 6.47. The van der Waals surface area contributed by atoms with E-state index in [1.54, 1.807) is 16.2 Å². The first kappa shape index (κ1) is 9.41. The first-order chi connectivity index (χ1) is 5.59. The smallest absolute Gasteiger partial charge is 0.166 e. The molecule has 0 spiro atoms. The molecule has 0 unspecified atom stereocenters. The first-order valence-corrected chi connectivity index (χ1v) is 4.80. The predicted molar refractivity (Wildman–Crippen MR) is 55.1 cm³/mol. The number of thiazole rings is 1. The Balaban J connectivity index is 2.58. The Morgan fingerprint density at radius 1 is 1.83 bits per heavy atom. The van der Waals surface area contributed by atoms with Crippen LogP contribution in [0.4, 0.5) is 0 Å². The van der Waals surface area contributed by atoms with E-state index in [1.807, 2.05) is 19.4 Å². The van der Waals surface area contributed by atoms with Crippen molar-refractivity contribution in [3.05, 3.63) is 16.1 Å². The summed E-state index contributed by atoms with van der Waals surface area (Å²) in [5.74, 6) is 0. The Labute approximate surface area is 81.2 Å². The molecule has 0 atom stereocenters. The predicted octanol–water partition coefficient (Wildman–Crippen LogP) is 1.13. The third kappa shape index (κ3) is 2.42. The van der Waals surface area contributed by atoms with Gasteiger partial charge < -0.3 is 10.6 Å². The van der Waals surface area contributed by atoms with E-state index in [1.165, 1.54) is 0 Å². The molecule has 5 heteroatoms. The third-order valence-corrected chi connectivity index (χ3v) is 2.68. The minimum atomic E-state index is 0.405. The molecule has 1 aromatic heterocycles. The molecule has 0 aliphatic rings. The zero-order valence-electron chi connectivity index (χ0n) is 7.07. The molecule has 1 heterocycles. The van der Waals surface area contributed by atoms with Crippen molar-refractivity contribution in [1.82, 2.24) is 9.88 Å². The van der Waals surface area contributed by atoms with Crippen LogP contribution in [0.25, 0.3) is 0 Å². The van der Waals surface area contributed by atoms with Gasteiger partial charge in [-0.1, -0.05) is 0 Å². The molecule has 1 aromatic rings. The van der Waals surface area contributed by atoms with Crippen LogP contribution in [0.2, 0.25) is 0 Å². The van der Waals surface area contributed by atoms with Crippen LogP contribution in [0.1, 0.15) is 10.7 Å². The molecule has 3 nitrogen and oxygen atoms in total. The second-order valence-electron chi connectivity index (χ2n) is 2.58. The van der Waals surface area contributed by atoms with Crippen LogP contribution in [-0.4, -0.2) is 22.0 Å². The topological polar surface area (TPSA) is 42.1 Å². The van der Waals surface area contributed by atoms with E-state index < -0.39 is 0 Å². The maximum atomic E-state index is 5.42. The average Bonchev–Trinajstić information content (AvgIpc) is 2.35. The number of thiocarbonyl (C=S) groups is 1. The van der Waals surface area contributed by atoms with Gasteiger partial charge in [-0.3, -0.25) is 0 Å². The Bertz CT molecular complexity index is 282. The van der Waals surface area contributed by atoms with Crippen LogP contribution in [0.3, 0.4) is 0 Å². The van der Waals surface area contributed by atoms with E-state index in [-0.39, 0.29) is 0 Å². The fraction of sp³-hybridized carbons (Fsp3) is 0.429. The van der Waals surface area contributed by atoms with E-state index in [0.717, 1.165) is 10.7 Å². The number of aryl methyl sites for hydroxylation is 1. The van der Waals surface area contributed by atoms with Gasteiger partial charge in [0.05, 0.1) is 6.54 Å². The van der Waals surface area contributed by atoms with E-state index in [0.29, 0.717) is 11.7 Å². The van der Waals surface area contributed by atoms with E-state index in [2.05, 4.69) is 4.98 Å². The Morgan fingerprint density at radius 2 is 2.50 bits per heavy atom. The number of aromatic nitrogens is 1. The van der Waals surface area contributed by atoms with E-state index in [4.69, 9.17) is 18.0 Å². The molecule has 0 fully saturated rings. The lowest BCUT2D eigenvalue weighted by atomic mass is 10.5. The van der Waals surface area contributed by atoms with Gasteiger partial charge in [0.25, 0.3) is 0 Å². The Kier molecular flexibility index (Phi) is 2.99. The molecular formula is C7H11N3S2. The molecule has 1 rings (SSSR count). The second kappa shape index (κ2) is 3.82. The van der Waals surface area contributed by atoms with Gasteiger partial charge in [0.2, 0.25) is 0 Å². The van der Waals surface area contributed by atoms with E-state index in [9.17, 15) is 0 Å². The highest BCUT2D eigenvalue weighted by atomic mass is 32.1. The number of nitrogens with zero attached hydrogens (tertiary/aromatic N) is 2. The molecule has 0 aliphatic heterocycles. The van der Waals surface area contributed by atoms with Crippen molar-refractivity contribution in [2.24, 2.45) is 5.73 Å². The monoisotopic (exact) mass is 201 g/mol. The molecule has 66 valence electrons. The number of rotatable bonds is 2. The van der Waals surface area contributed by atoms with E-state index >= 15 is 0 Å². The lowest BCUT2D eigenvalue weighted by Gasteiger charge is -2.14. The van der Waals surface area contributed by atoms with Gasteiger partial charge in [-0.15, -0.1) is 11.3 Å². The quantitative estimate of drug-likeness (QED) is 0.728. The molecule has 0 saturated heterocycles. The van der Waals surface area contributed by atoms with Crippen LogP contribution >= 0.6 is 23.6 Å². The summed E-state index contributed by atoms with van der Waals surface area (Å²) in [7, 11) is 1.86. The van der Waals surface area contributed by atoms with Crippen molar-refractivity contribution < 1.29 is 0 Å². The second-order valence-corrected chi connectivity index (χ2v) is 3.94. The highest BCUT2D eigenvalue weighted by molar-refractivity contribution is 7.80. The molecule has 0 saturated carbocycles. The van der Waals surface area contributed by atoms with Gasteiger partial charge in [0, 0.05) is 18.1 Å². The highest BCUT2D eigenvalue weighted by Crippen LogP contribution is 2.10. The molecule has 0 aliphatic carbocycles. The fourth-order valence-electron chi connectivity index (χ4n) is 0.756. The standard InChI is InChI=1S/C7H11N3S2/c1-5-4-12-6(9-5)3-10(2)7(8)11/h4H,3H2,1-2H3,(H2,8,11). The van der Waals surface area contributed by atoms with Gasteiger partial charge in [0.15, 0.2) is 5.11 Å². The number of hydrogen-bond acceptors (Lipinski definition) is 3. The molecule has 0 bridgehead atoms. The van der Waals surface area contributed by atoms with Gasteiger partial charge in [-0.05, 0) is 19.1 Å². The van der Waals surface area contributed by atoms with Gasteiger partial charge in [-0.2, -0.15) is 0 Å². The lowest BCUT2D eigenvalue weighted by Crippen LogP contribution is -2.31. The largest absolute Gasteiger partial charge is 0.376 e. The van der Waals surface area contributed by atoms with Crippen LogP contribution in [-0.2, 0) is 6.54 Å². The summed E-state index contributed by atoms with van der Waals surface area (Å²) < 4.78 is 0. The zero-order chi connectivity index (χ0) is 9.14. The number of hydrogen-bond donors (Lipinski definition) is 1. The molecule has 0 radical (unpaired) electrons. The van der Waals surface area contributed by atoms with Gasteiger partial charge in [0.1, 0.15) is 5.01 Å². The third-order valence-electron chi connectivity index (χ3n) is 1.42. The summed E-state index contributed by atoms with van der Waals surface area (Å²) in [6, 6.07) is 0. The lowest BCUT2D eigenvalue weighted by molar-refractivity contribution is 0.502. The fourth-order valence-corrected chi connectivity index (χ4v) is 1.64. The van der Waals surface area contributed by atoms with Gasteiger partial charge in [-0.25, -0.2) is 4.98 Å². The van der Waals surface area contributed by atoms with Crippen molar-refractivity contribution in [2.75, 3.05) is 7.05 Å². The van der Waals surface area contributed by atoms with Crippen molar-refractivity contribution in [1.29, 1.82) is 0 Å². The van der Waals surface area contributed by atoms with Crippen LogP contribution in [0.15, 0.2) is 5.38 Å². The van der Waals surface area contributed by atoms with Crippen molar-refractivity contribution in [2.45, 2.75) is 13.5 Å². The normalized spacial score (nSPS) is 9.83. The van der Waals surface area contributed by atoms with Gasteiger partial charge >= 0.3 is 0 Å². The van der Waals surface area contributed by atoms with Crippen LogP contribution in [0.5, 0.6) is 0 Å². The molecule has 0 aromatic carbocycles. The molecule has 0 amide bonds. The van der Waals surface area contributed by atoms with Crippen LogP contribution in [0, 0.1) is 6.92 Å². The number of nitrogens with two attached hydrogens (primary N) is 1. The molecule has 2 N–H and O–H groups in total. The Morgan fingerprint density at radius 3 is 2.92 bits per heavy atom. The Hall–Kier alpha value is -0.680. The molecular weight excluding hydrogens is 190 g/mol. The van der Waals surface area contributed by atoms with Crippen LogP contribution < -0.4 is 5.73 Å². The summed E-state index contributed by atoms with van der Waals surface area (Å²) in [6.07, 6.45) is 0.